The molecule has 0 atom stereocenters. The topological polar surface area (TPSA) is 41.9 Å². The Morgan fingerprint density at radius 1 is 0.321 bits per heavy atom. The third-order valence-corrected chi connectivity index (χ3v) is 11.3. The first-order valence-electron chi connectivity index (χ1n) is 18.7. The Labute approximate surface area is 329 Å². The first kappa shape index (κ1) is 33.4. The summed E-state index contributed by atoms with van der Waals surface area (Å²) >= 11 is 1.80. The molecule has 0 radical (unpaired) electrons. The zero-order valence-corrected chi connectivity index (χ0v) is 31.1. The maximum absolute atomic E-state index is 5.02. The van der Waals surface area contributed by atoms with Gasteiger partial charge in [0.05, 0.1) is 5.69 Å². The number of hydrogen-bond acceptors (Lipinski definition) is 5. The highest BCUT2D eigenvalue weighted by molar-refractivity contribution is 7.26. The molecule has 5 heteroatoms. The first-order valence-corrected chi connectivity index (χ1v) is 19.5. The van der Waals surface area contributed by atoms with E-state index in [4.69, 9.17) is 15.0 Å². The predicted molar refractivity (Wildman–Crippen MR) is 235 cm³/mol. The van der Waals surface area contributed by atoms with E-state index in [1.165, 1.54) is 42.4 Å². The lowest BCUT2D eigenvalue weighted by atomic mass is 10.0. The van der Waals surface area contributed by atoms with Crippen molar-refractivity contribution < 1.29 is 0 Å². The predicted octanol–water partition coefficient (Wildman–Crippen LogP) is 14.0. The van der Waals surface area contributed by atoms with Gasteiger partial charge in [-0.25, -0.2) is 15.0 Å². The van der Waals surface area contributed by atoms with Crippen molar-refractivity contribution in [3.05, 3.63) is 206 Å². The van der Waals surface area contributed by atoms with E-state index in [1.54, 1.807) is 11.3 Å². The highest BCUT2D eigenvalue weighted by Gasteiger charge is 2.20. The van der Waals surface area contributed by atoms with Gasteiger partial charge in [-0.15, -0.1) is 11.3 Å². The van der Waals surface area contributed by atoms with Gasteiger partial charge < -0.3 is 4.90 Å². The molecule has 264 valence electrons. The highest BCUT2D eigenvalue weighted by atomic mass is 32.1. The van der Waals surface area contributed by atoms with Gasteiger partial charge in [0.2, 0.25) is 0 Å². The molecule has 0 aliphatic heterocycles. The van der Waals surface area contributed by atoms with Crippen molar-refractivity contribution in [3.8, 4) is 56.4 Å². The molecule has 2 aromatic heterocycles. The summed E-state index contributed by atoms with van der Waals surface area (Å²) in [5.41, 5.74) is 10.9. The largest absolute Gasteiger partial charge is 0.310 e. The van der Waals surface area contributed by atoms with Crippen LogP contribution in [0.1, 0.15) is 0 Å². The van der Waals surface area contributed by atoms with Crippen LogP contribution in [0.25, 0.3) is 76.6 Å². The van der Waals surface area contributed by atoms with Crippen LogP contribution in [0, 0.1) is 0 Å². The summed E-state index contributed by atoms with van der Waals surface area (Å²) in [6.45, 7) is 0. The van der Waals surface area contributed by atoms with Gasteiger partial charge in [-0.2, -0.15) is 0 Å². The summed E-state index contributed by atoms with van der Waals surface area (Å²) in [5.74, 6) is 1.96. The molecule has 0 saturated carbocycles. The van der Waals surface area contributed by atoms with Crippen LogP contribution in [0.15, 0.2) is 206 Å². The Morgan fingerprint density at radius 2 is 0.732 bits per heavy atom. The molecule has 0 aliphatic carbocycles. The number of anilines is 3. The van der Waals surface area contributed by atoms with Gasteiger partial charge >= 0.3 is 0 Å². The first-order chi connectivity index (χ1) is 27.7. The molecule has 0 aliphatic rings. The Morgan fingerprint density at radius 3 is 1.21 bits per heavy atom. The molecule has 0 N–H and O–H groups in total. The summed E-state index contributed by atoms with van der Waals surface area (Å²) in [6.07, 6.45) is 0. The van der Waals surface area contributed by atoms with Gasteiger partial charge in [-0.3, -0.25) is 0 Å². The summed E-state index contributed by atoms with van der Waals surface area (Å²) in [4.78, 5) is 17.3. The van der Waals surface area contributed by atoms with Crippen LogP contribution in [-0.4, -0.2) is 15.0 Å². The van der Waals surface area contributed by atoms with E-state index in [2.05, 4.69) is 150 Å². The van der Waals surface area contributed by atoms with E-state index in [-0.39, 0.29) is 0 Å². The Balaban J connectivity index is 1.11. The molecule has 4 nitrogen and oxygen atoms in total. The standard InChI is InChI=1S/C51H34N4S/c1-5-14-35(15-6-1)37-24-29-42(30-25-37)55(43-31-26-38(27-32-43)36-16-7-2-8-17-36)45-22-13-23-46-48(45)44-33-28-41(34-47(44)56-46)51-53-49(39-18-9-3-10-19-39)52-50(54-51)40-20-11-4-12-21-40/h1-34H. The lowest BCUT2D eigenvalue weighted by molar-refractivity contribution is 1.07. The van der Waals surface area contributed by atoms with E-state index >= 15 is 0 Å². The average molecular weight is 735 g/mol. The van der Waals surface area contributed by atoms with Crippen molar-refractivity contribution in [1.82, 2.24) is 15.0 Å². The van der Waals surface area contributed by atoms with Crippen LogP contribution < -0.4 is 4.90 Å². The number of benzene rings is 8. The molecule has 0 saturated heterocycles. The summed E-state index contributed by atoms with van der Waals surface area (Å²) in [5, 5.41) is 2.40. The maximum atomic E-state index is 5.02. The van der Waals surface area contributed by atoms with Crippen molar-refractivity contribution in [2.75, 3.05) is 4.90 Å². The monoisotopic (exact) mass is 734 g/mol. The molecular formula is C51H34N4S. The van der Waals surface area contributed by atoms with Crippen molar-refractivity contribution >= 4 is 48.6 Å². The van der Waals surface area contributed by atoms with Gasteiger partial charge in [0.15, 0.2) is 17.5 Å². The zero-order valence-electron chi connectivity index (χ0n) is 30.3. The Hall–Kier alpha value is -7.21. The molecule has 0 unspecified atom stereocenters. The minimum atomic E-state index is 0.649. The molecular weight excluding hydrogens is 701 g/mol. The number of aromatic nitrogens is 3. The molecule has 10 rings (SSSR count). The Bertz CT molecular complexity index is 2790. The minimum absolute atomic E-state index is 0.649. The normalized spacial score (nSPS) is 11.2. The lowest BCUT2D eigenvalue weighted by Gasteiger charge is -2.27. The van der Waals surface area contributed by atoms with Crippen LogP contribution in [0.3, 0.4) is 0 Å². The maximum Gasteiger partial charge on any atom is 0.164 e. The van der Waals surface area contributed by atoms with Crippen molar-refractivity contribution in [3.63, 3.8) is 0 Å². The SMILES string of the molecule is c1ccc(-c2ccc(N(c3ccc(-c4ccccc4)cc3)c3cccc4sc5cc(-c6nc(-c7ccccc7)nc(-c7ccccc7)n6)ccc5c34)cc2)cc1. The fourth-order valence-corrected chi connectivity index (χ4v) is 8.53. The molecule has 0 amide bonds. The average Bonchev–Trinajstić information content (AvgIpc) is 3.67. The second-order valence-corrected chi connectivity index (χ2v) is 14.7. The van der Waals surface area contributed by atoms with Crippen molar-refractivity contribution in [1.29, 1.82) is 0 Å². The molecule has 8 aromatic carbocycles. The number of hydrogen-bond donors (Lipinski definition) is 0. The third kappa shape index (κ3) is 6.40. The lowest BCUT2D eigenvalue weighted by Crippen LogP contribution is -2.10. The molecule has 0 bridgehead atoms. The van der Waals surface area contributed by atoms with Crippen molar-refractivity contribution in [2.45, 2.75) is 0 Å². The molecule has 2 heterocycles. The van der Waals surface area contributed by atoms with Gasteiger partial charge in [-0.05, 0) is 64.7 Å². The van der Waals surface area contributed by atoms with Gasteiger partial charge in [-0.1, -0.05) is 164 Å². The molecule has 0 fully saturated rings. The number of thiophene rings is 1. The van der Waals surface area contributed by atoms with Crippen LogP contribution in [0.2, 0.25) is 0 Å². The van der Waals surface area contributed by atoms with E-state index < -0.39 is 0 Å². The number of nitrogens with zero attached hydrogens (tertiary/aromatic N) is 4. The Kier molecular flexibility index (Phi) is 8.67. The second kappa shape index (κ2) is 14.6. The summed E-state index contributed by atoms with van der Waals surface area (Å²) in [6, 6.07) is 72.4. The van der Waals surface area contributed by atoms with Crippen LogP contribution in [-0.2, 0) is 0 Å². The smallest absolute Gasteiger partial charge is 0.164 e. The van der Waals surface area contributed by atoms with E-state index in [1.807, 2.05) is 60.7 Å². The highest BCUT2D eigenvalue weighted by Crippen LogP contribution is 2.46. The van der Waals surface area contributed by atoms with Gasteiger partial charge in [0.25, 0.3) is 0 Å². The summed E-state index contributed by atoms with van der Waals surface area (Å²) < 4.78 is 2.39. The van der Waals surface area contributed by atoms with Crippen LogP contribution in [0.5, 0.6) is 0 Å². The number of fused-ring (bicyclic) bond motifs is 3. The van der Waals surface area contributed by atoms with E-state index in [0.29, 0.717) is 17.5 Å². The van der Waals surface area contributed by atoms with Gasteiger partial charge in [0, 0.05) is 48.2 Å². The molecule has 56 heavy (non-hydrogen) atoms. The minimum Gasteiger partial charge on any atom is -0.310 e. The quantitative estimate of drug-likeness (QED) is 0.156. The number of rotatable bonds is 8. The van der Waals surface area contributed by atoms with E-state index in [0.717, 1.165) is 33.8 Å². The van der Waals surface area contributed by atoms with Gasteiger partial charge in [0.1, 0.15) is 0 Å². The third-order valence-electron chi connectivity index (χ3n) is 10.1. The van der Waals surface area contributed by atoms with Crippen LogP contribution in [0.4, 0.5) is 17.1 Å². The summed E-state index contributed by atoms with van der Waals surface area (Å²) in [7, 11) is 0. The van der Waals surface area contributed by atoms with Crippen LogP contribution >= 0.6 is 11.3 Å². The molecule has 10 aromatic rings. The fraction of sp³-hybridized carbons (Fsp3) is 0. The van der Waals surface area contributed by atoms with Crippen molar-refractivity contribution in [2.24, 2.45) is 0 Å². The van der Waals surface area contributed by atoms with E-state index in [9.17, 15) is 0 Å². The fourth-order valence-electron chi connectivity index (χ4n) is 7.36. The molecule has 0 spiro atoms. The zero-order chi connectivity index (χ0) is 37.3. The second-order valence-electron chi connectivity index (χ2n) is 13.7.